The monoisotopic (exact) mass is 490 g/mol. The van der Waals surface area contributed by atoms with E-state index in [9.17, 15) is 10.2 Å². The van der Waals surface area contributed by atoms with E-state index in [-0.39, 0.29) is 23.0 Å². The van der Waals surface area contributed by atoms with Gasteiger partial charge < -0.3 is 10.2 Å². The molecule has 0 bridgehead atoms. The topological polar surface area (TPSA) is 65.2 Å². The number of hydrogen-bond donors (Lipinski definition) is 2. The fourth-order valence-electron chi connectivity index (χ4n) is 3.68. The number of unbranched alkanes of at least 4 members (excludes halogenated alkanes) is 10. The van der Waals surface area contributed by atoms with Gasteiger partial charge in [0.05, 0.1) is 0 Å². The van der Waals surface area contributed by atoms with Gasteiger partial charge in [-0.1, -0.05) is 78.1 Å². The molecular formula is C26H54N2O2S2. The Bertz CT molecular complexity index is 402. The third-order valence-corrected chi connectivity index (χ3v) is 8.69. The Morgan fingerprint density at radius 3 is 1.22 bits per heavy atom. The first kappa shape index (κ1) is 32.2. The predicted molar refractivity (Wildman–Crippen MR) is 146 cm³/mol. The number of azo groups is 1. The highest BCUT2D eigenvalue weighted by molar-refractivity contribution is 8.00. The predicted octanol–water partition coefficient (Wildman–Crippen LogP) is 8.60. The molecule has 2 unspecified atom stereocenters. The van der Waals surface area contributed by atoms with Crippen LogP contribution in [0.15, 0.2) is 10.2 Å². The largest absolute Gasteiger partial charge is 0.396 e. The molecule has 0 aromatic heterocycles. The summed E-state index contributed by atoms with van der Waals surface area (Å²) in [4.78, 5) is -0.541. The van der Waals surface area contributed by atoms with Crippen LogP contribution < -0.4 is 0 Å². The molecule has 2 N–H and O–H groups in total. The molecule has 2 atom stereocenters. The highest BCUT2D eigenvalue weighted by Gasteiger charge is 2.28. The first-order chi connectivity index (χ1) is 15.4. The molecule has 0 radical (unpaired) electrons. The van der Waals surface area contributed by atoms with Crippen molar-refractivity contribution >= 4 is 23.5 Å². The van der Waals surface area contributed by atoms with Crippen LogP contribution in [0.2, 0.25) is 0 Å². The van der Waals surface area contributed by atoms with Crippen molar-refractivity contribution in [2.75, 3.05) is 24.7 Å². The average Bonchev–Trinajstić information content (AvgIpc) is 2.79. The smallest absolute Gasteiger partial charge is 0.124 e. The zero-order valence-corrected chi connectivity index (χ0v) is 23.4. The van der Waals surface area contributed by atoms with Crippen LogP contribution in [0.5, 0.6) is 0 Å². The standard InChI is InChI=1S/C26H54N2O2S2/c1-5-7-9-11-13-15-23-31-25(3,19-17-21-29)27-28-26(4,20-18-22-30)32-24-16-14-12-10-8-6-2/h29-30H,5-24H2,1-4H3. The normalized spacial score (nSPS) is 15.8. The molecule has 0 spiro atoms. The summed E-state index contributed by atoms with van der Waals surface area (Å²) in [6, 6.07) is 0. The zero-order valence-electron chi connectivity index (χ0n) is 21.7. The first-order valence-corrected chi connectivity index (χ1v) is 15.4. The van der Waals surface area contributed by atoms with E-state index in [2.05, 4.69) is 27.7 Å². The lowest BCUT2D eigenvalue weighted by molar-refractivity contribution is 0.273. The van der Waals surface area contributed by atoms with Gasteiger partial charge >= 0.3 is 0 Å². The summed E-state index contributed by atoms with van der Waals surface area (Å²) in [5.41, 5.74) is 0. The van der Waals surface area contributed by atoms with E-state index < -0.39 is 0 Å². The van der Waals surface area contributed by atoms with Crippen LogP contribution in [0.1, 0.15) is 130 Å². The Balaban J connectivity index is 4.73. The number of nitrogens with zero attached hydrogens (tertiary/aromatic N) is 2. The van der Waals surface area contributed by atoms with E-state index in [1.165, 1.54) is 77.0 Å². The van der Waals surface area contributed by atoms with Gasteiger partial charge in [-0.2, -0.15) is 10.2 Å². The lowest BCUT2D eigenvalue weighted by Gasteiger charge is -2.28. The Hall–Kier alpha value is 0.220. The number of hydrogen-bond acceptors (Lipinski definition) is 6. The molecule has 0 aliphatic rings. The second-order valence-corrected chi connectivity index (χ2v) is 12.6. The van der Waals surface area contributed by atoms with E-state index in [1.54, 1.807) is 0 Å². The molecule has 0 saturated heterocycles. The van der Waals surface area contributed by atoms with E-state index >= 15 is 0 Å². The van der Waals surface area contributed by atoms with Crippen molar-refractivity contribution in [1.29, 1.82) is 0 Å². The van der Waals surface area contributed by atoms with Crippen LogP contribution >= 0.6 is 23.5 Å². The average molecular weight is 491 g/mol. The van der Waals surface area contributed by atoms with Gasteiger partial charge in [0.25, 0.3) is 0 Å². The van der Waals surface area contributed by atoms with Crippen molar-refractivity contribution < 1.29 is 10.2 Å². The molecule has 0 fully saturated rings. The zero-order chi connectivity index (χ0) is 24.0. The summed E-state index contributed by atoms with van der Waals surface area (Å²) in [7, 11) is 0. The summed E-state index contributed by atoms with van der Waals surface area (Å²) >= 11 is 3.80. The number of rotatable bonds is 24. The third kappa shape index (κ3) is 18.6. The molecule has 32 heavy (non-hydrogen) atoms. The Morgan fingerprint density at radius 2 is 0.875 bits per heavy atom. The highest BCUT2D eigenvalue weighted by Crippen LogP contribution is 2.38. The second kappa shape index (κ2) is 21.7. The molecular weight excluding hydrogens is 436 g/mol. The van der Waals surface area contributed by atoms with Crippen LogP contribution in [0, 0.1) is 0 Å². The van der Waals surface area contributed by atoms with E-state index in [1.807, 2.05) is 23.5 Å². The van der Waals surface area contributed by atoms with Crippen molar-refractivity contribution in [3.8, 4) is 0 Å². The van der Waals surface area contributed by atoms with E-state index in [4.69, 9.17) is 10.2 Å². The SMILES string of the molecule is CCCCCCCCSC(C)(CCCO)N=NC(C)(CCCO)SCCCCCCCC. The molecule has 192 valence electrons. The first-order valence-electron chi connectivity index (χ1n) is 13.4. The summed E-state index contributed by atoms with van der Waals surface area (Å²) in [6.45, 7) is 9.29. The van der Waals surface area contributed by atoms with Crippen molar-refractivity contribution in [1.82, 2.24) is 0 Å². The molecule has 0 heterocycles. The van der Waals surface area contributed by atoms with Crippen molar-refractivity contribution in [3.05, 3.63) is 0 Å². The van der Waals surface area contributed by atoms with Crippen LogP contribution in [0.3, 0.4) is 0 Å². The van der Waals surface area contributed by atoms with Crippen LogP contribution in [0.25, 0.3) is 0 Å². The minimum atomic E-state index is -0.271. The maximum atomic E-state index is 9.37. The molecule has 0 saturated carbocycles. The molecule has 0 aromatic rings. The van der Waals surface area contributed by atoms with Gasteiger partial charge in [0.1, 0.15) is 9.74 Å². The van der Waals surface area contributed by atoms with Gasteiger partial charge in [0, 0.05) is 13.2 Å². The second-order valence-electron chi connectivity index (χ2n) is 9.44. The molecule has 4 nitrogen and oxygen atoms in total. The fourth-order valence-corrected chi connectivity index (χ4v) is 6.03. The summed E-state index contributed by atoms with van der Waals surface area (Å²) in [6.07, 6.45) is 18.9. The number of aliphatic hydroxyl groups excluding tert-OH is 2. The van der Waals surface area contributed by atoms with Gasteiger partial charge in [-0.3, -0.25) is 0 Å². The summed E-state index contributed by atoms with van der Waals surface area (Å²) in [5, 5.41) is 28.5. The van der Waals surface area contributed by atoms with Crippen LogP contribution in [-0.4, -0.2) is 44.7 Å². The Labute approximate surface area is 208 Å². The molecule has 0 aliphatic carbocycles. The van der Waals surface area contributed by atoms with Gasteiger partial charge in [0.15, 0.2) is 0 Å². The maximum absolute atomic E-state index is 9.37. The van der Waals surface area contributed by atoms with Gasteiger partial charge in [-0.15, -0.1) is 23.5 Å². The molecule has 0 rings (SSSR count). The fraction of sp³-hybridized carbons (Fsp3) is 1.00. The maximum Gasteiger partial charge on any atom is 0.124 e. The van der Waals surface area contributed by atoms with Gasteiger partial charge in [0.2, 0.25) is 0 Å². The summed E-state index contributed by atoms with van der Waals surface area (Å²) in [5.74, 6) is 2.21. The van der Waals surface area contributed by atoms with Crippen molar-refractivity contribution in [3.63, 3.8) is 0 Å². The highest BCUT2D eigenvalue weighted by atomic mass is 32.2. The number of thioether (sulfide) groups is 2. The molecule has 6 heteroatoms. The van der Waals surface area contributed by atoms with Gasteiger partial charge in [-0.05, 0) is 63.9 Å². The quantitative estimate of drug-likeness (QED) is 0.105. The Kier molecular flexibility index (Phi) is 21.9. The van der Waals surface area contributed by atoms with E-state index in [0.717, 1.165) is 37.2 Å². The Morgan fingerprint density at radius 1 is 0.531 bits per heavy atom. The van der Waals surface area contributed by atoms with Crippen LogP contribution in [-0.2, 0) is 0 Å². The minimum absolute atomic E-state index is 0.206. The molecule has 0 aliphatic heterocycles. The lowest BCUT2D eigenvalue weighted by atomic mass is 10.1. The van der Waals surface area contributed by atoms with Crippen LogP contribution in [0.4, 0.5) is 0 Å². The van der Waals surface area contributed by atoms with Crippen molar-refractivity contribution in [2.45, 2.75) is 140 Å². The van der Waals surface area contributed by atoms with Crippen molar-refractivity contribution in [2.24, 2.45) is 10.2 Å². The lowest BCUT2D eigenvalue weighted by Crippen LogP contribution is -2.23. The minimum Gasteiger partial charge on any atom is -0.396 e. The molecule has 0 amide bonds. The van der Waals surface area contributed by atoms with E-state index in [0.29, 0.717) is 0 Å². The number of aliphatic hydroxyl groups is 2. The van der Waals surface area contributed by atoms with Gasteiger partial charge in [-0.25, -0.2) is 0 Å². The molecule has 0 aromatic carbocycles. The third-order valence-electron chi connectivity index (χ3n) is 5.89. The summed E-state index contributed by atoms with van der Waals surface area (Å²) < 4.78 is 0.